The number of aliphatic hydroxyl groups excluding tert-OH is 4. The van der Waals surface area contributed by atoms with Crippen LogP contribution in [0.5, 0.6) is 11.5 Å². The maximum atomic E-state index is 10.2. The summed E-state index contributed by atoms with van der Waals surface area (Å²) in [5.74, 6) is 1.29. The minimum absolute atomic E-state index is 0.487. The molecule has 0 amide bonds. The van der Waals surface area contributed by atoms with Crippen LogP contribution in [0.1, 0.15) is 18.1 Å². The van der Waals surface area contributed by atoms with E-state index in [0.29, 0.717) is 18.8 Å². The van der Waals surface area contributed by atoms with Crippen LogP contribution in [-0.2, 0) is 11.2 Å². The molecule has 1 saturated heterocycles. The van der Waals surface area contributed by atoms with Gasteiger partial charge in [-0.25, -0.2) is 0 Å². The molecule has 7 heteroatoms. The Morgan fingerprint density at radius 3 is 2.32 bits per heavy atom. The molecule has 0 aromatic heterocycles. The number of aliphatic hydroxyl groups is 4. The third-order valence-corrected chi connectivity index (χ3v) is 4.69. The van der Waals surface area contributed by atoms with Crippen molar-refractivity contribution in [3.05, 3.63) is 59.7 Å². The average molecular weight is 390 g/mol. The van der Waals surface area contributed by atoms with Gasteiger partial charge in [0.2, 0.25) is 6.29 Å². The third-order valence-electron chi connectivity index (χ3n) is 4.69. The average Bonchev–Trinajstić information content (AvgIpc) is 2.71. The summed E-state index contributed by atoms with van der Waals surface area (Å²) in [6.07, 6.45) is -5.98. The second-order valence-corrected chi connectivity index (χ2v) is 6.68. The number of rotatable bonds is 7. The Kier molecular flexibility index (Phi) is 6.88. The molecule has 0 spiro atoms. The van der Waals surface area contributed by atoms with E-state index in [9.17, 15) is 20.4 Å². The lowest BCUT2D eigenvalue weighted by Gasteiger charge is -2.39. The Hall–Kier alpha value is -2.16. The Labute approximate surface area is 163 Å². The SMILES string of the molecule is CCOc1ccc(Cc2ccccc2O[C@@H]2O[C@H](CO)[C@@H](O)[C@H](O)[C@H]2O)cc1. The van der Waals surface area contributed by atoms with E-state index in [1.54, 1.807) is 12.1 Å². The van der Waals surface area contributed by atoms with E-state index in [4.69, 9.17) is 14.2 Å². The van der Waals surface area contributed by atoms with Gasteiger partial charge in [0.1, 0.15) is 35.9 Å². The van der Waals surface area contributed by atoms with Crippen LogP contribution in [0.15, 0.2) is 48.5 Å². The number of benzene rings is 2. The molecule has 28 heavy (non-hydrogen) atoms. The molecule has 1 heterocycles. The molecule has 0 bridgehead atoms. The van der Waals surface area contributed by atoms with Gasteiger partial charge in [0.15, 0.2) is 0 Å². The fourth-order valence-electron chi connectivity index (χ4n) is 3.14. The summed E-state index contributed by atoms with van der Waals surface area (Å²) in [5.41, 5.74) is 1.91. The molecule has 4 N–H and O–H groups in total. The van der Waals surface area contributed by atoms with Crippen molar-refractivity contribution in [3.63, 3.8) is 0 Å². The van der Waals surface area contributed by atoms with E-state index in [2.05, 4.69) is 0 Å². The molecule has 2 aromatic carbocycles. The largest absolute Gasteiger partial charge is 0.494 e. The maximum absolute atomic E-state index is 10.2. The summed E-state index contributed by atoms with van der Waals surface area (Å²) in [7, 11) is 0. The molecule has 1 aliphatic rings. The van der Waals surface area contributed by atoms with Crippen LogP contribution in [0, 0.1) is 0 Å². The number of ether oxygens (including phenoxy) is 3. The number of hydrogen-bond acceptors (Lipinski definition) is 7. The molecular formula is C21H26O7. The molecule has 0 radical (unpaired) electrons. The summed E-state index contributed by atoms with van der Waals surface area (Å²) in [6, 6.07) is 15.1. The summed E-state index contributed by atoms with van der Waals surface area (Å²) in [4.78, 5) is 0. The fourth-order valence-corrected chi connectivity index (χ4v) is 3.14. The zero-order chi connectivity index (χ0) is 20.1. The summed E-state index contributed by atoms with van der Waals surface area (Å²) in [5, 5.41) is 39.3. The van der Waals surface area contributed by atoms with Crippen LogP contribution in [0.3, 0.4) is 0 Å². The van der Waals surface area contributed by atoms with Crippen molar-refractivity contribution in [3.8, 4) is 11.5 Å². The minimum atomic E-state index is -1.48. The van der Waals surface area contributed by atoms with E-state index >= 15 is 0 Å². The standard InChI is InChI=1S/C21H26O7/c1-2-26-15-9-7-13(8-10-15)11-14-5-3-4-6-16(14)27-21-20(25)19(24)18(23)17(12-22)28-21/h3-10,17-25H,2,11-12H2,1H3/t17-,18-,19+,20-,21-/m1/s1. The van der Waals surface area contributed by atoms with E-state index in [-0.39, 0.29) is 0 Å². The Bertz CT molecular complexity index is 747. The van der Waals surface area contributed by atoms with Crippen molar-refractivity contribution in [1.29, 1.82) is 0 Å². The van der Waals surface area contributed by atoms with Crippen LogP contribution < -0.4 is 9.47 Å². The second kappa shape index (κ2) is 9.36. The second-order valence-electron chi connectivity index (χ2n) is 6.68. The van der Waals surface area contributed by atoms with Gasteiger partial charge in [-0.1, -0.05) is 30.3 Å². The third kappa shape index (κ3) is 4.63. The van der Waals surface area contributed by atoms with Gasteiger partial charge in [0.25, 0.3) is 0 Å². The maximum Gasteiger partial charge on any atom is 0.229 e. The topological polar surface area (TPSA) is 109 Å². The summed E-state index contributed by atoms with van der Waals surface area (Å²) >= 11 is 0. The highest BCUT2D eigenvalue weighted by molar-refractivity contribution is 5.39. The van der Waals surface area contributed by atoms with Crippen LogP contribution in [0.4, 0.5) is 0 Å². The fraction of sp³-hybridized carbons (Fsp3) is 0.429. The van der Waals surface area contributed by atoms with Gasteiger partial charge in [0, 0.05) is 6.42 Å². The van der Waals surface area contributed by atoms with Gasteiger partial charge in [-0.3, -0.25) is 0 Å². The lowest BCUT2D eigenvalue weighted by atomic mass is 9.99. The molecule has 1 fully saturated rings. The first-order valence-electron chi connectivity index (χ1n) is 9.30. The zero-order valence-corrected chi connectivity index (χ0v) is 15.6. The summed E-state index contributed by atoms with van der Waals surface area (Å²) in [6.45, 7) is 2.04. The van der Waals surface area contributed by atoms with E-state index in [0.717, 1.165) is 16.9 Å². The van der Waals surface area contributed by atoms with Crippen molar-refractivity contribution in [2.45, 2.75) is 44.1 Å². The zero-order valence-electron chi connectivity index (χ0n) is 15.6. The van der Waals surface area contributed by atoms with Gasteiger partial charge in [0.05, 0.1) is 13.2 Å². The Balaban J connectivity index is 1.74. The highest BCUT2D eigenvalue weighted by Crippen LogP contribution is 2.28. The van der Waals surface area contributed by atoms with Crippen LogP contribution >= 0.6 is 0 Å². The van der Waals surface area contributed by atoms with Crippen molar-refractivity contribution in [2.24, 2.45) is 0 Å². The highest BCUT2D eigenvalue weighted by Gasteiger charge is 2.44. The molecular weight excluding hydrogens is 364 g/mol. The van der Waals surface area contributed by atoms with Gasteiger partial charge in [-0.2, -0.15) is 0 Å². The lowest BCUT2D eigenvalue weighted by molar-refractivity contribution is -0.277. The molecule has 5 atom stereocenters. The molecule has 0 saturated carbocycles. The van der Waals surface area contributed by atoms with Gasteiger partial charge in [-0.05, 0) is 36.2 Å². The van der Waals surface area contributed by atoms with Crippen LogP contribution in [0.2, 0.25) is 0 Å². The normalized spacial score (nSPS) is 27.4. The molecule has 152 valence electrons. The summed E-state index contributed by atoms with van der Waals surface area (Å²) < 4.78 is 16.7. The van der Waals surface area contributed by atoms with E-state index in [1.165, 1.54) is 0 Å². The Morgan fingerprint density at radius 1 is 0.929 bits per heavy atom. The quantitative estimate of drug-likeness (QED) is 0.555. The monoisotopic (exact) mass is 390 g/mol. The smallest absolute Gasteiger partial charge is 0.229 e. The number of hydrogen-bond donors (Lipinski definition) is 4. The first kappa shape index (κ1) is 20.6. The molecule has 0 aliphatic carbocycles. The molecule has 0 unspecified atom stereocenters. The minimum Gasteiger partial charge on any atom is -0.494 e. The van der Waals surface area contributed by atoms with Crippen molar-refractivity contribution in [2.75, 3.05) is 13.2 Å². The van der Waals surface area contributed by atoms with E-state index < -0.39 is 37.3 Å². The molecule has 2 aromatic rings. The Morgan fingerprint density at radius 2 is 1.64 bits per heavy atom. The predicted molar refractivity (Wildman–Crippen MR) is 101 cm³/mol. The predicted octanol–water partition coefficient (Wildman–Crippen LogP) is 0.855. The molecule has 3 rings (SSSR count). The first-order valence-corrected chi connectivity index (χ1v) is 9.30. The number of para-hydroxylation sites is 1. The van der Waals surface area contributed by atoms with Crippen molar-refractivity contribution < 1.29 is 34.6 Å². The van der Waals surface area contributed by atoms with Gasteiger partial charge in [-0.15, -0.1) is 0 Å². The van der Waals surface area contributed by atoms with E-state index in [1.807, 2.05) is 43.3 Å². The van der Waals surface area contributed by atoms with Crippen molar-refractivity contribution >= 4 is 0 Å². The van der Waals surface area contributed by atoms with Crippen LogP contribution in [-0.4, -0.2) is 64.3 Å². The molecule has 1 aliphatic heterocycles. The first-order chi connectivity index (χ1) is 13.5. The molecule has 7 nitrogen and oxygen atoms in total. The van der Waals surface area contributed by atoms with Crippen molar-refractivity contribution in [1.82, 2.24) is 0 Å². The van der Waals surface area contributed by atoms with Crippen LogP contribution in [0.25, 0.3) is 0 Å². The van der Waals surface area contributed by atoms with Gasteiger partial charge < -0.3 is 34.6 Å². The van der Waals surface area contributed by atoms with Gasteiger partial charge >= 0.3 is 0 Å². The lowest BCUT2D eigenvalue weighted by Crippen LogP contribution is -2.60. The highest BCUT2D eigenvalue weighted by atomic mass is 16.7.